The van der Waals surface area contributed by atoms with Crippen LogP contribution in [-0.2, 0) is 13.6 Å². The standard InChI is InChI=1S/C25H28N8/c1-18(24-15-26-25-8-7-21(29-33(24)25)20-14-28-30(2)16-20)19-5-6-22-23(13-19)32(17-27-22)12-11-31-9-3-4-10-31/h5-8,13-18H,3-4,9-12H2,1-2H3. The zero-order valence-electron chi connectivity index (χ0n) is 19.1. The molecule has 0 aliphatic carbocycles. The molecule has 1 atom stereocenters. The van der Waals surface area contributed by atoms with Crippen molar-refractivity contribution in [2.24, 2.45) is 7.05 Å². The van der Waals surface area contributed by atoms with Gasteiger partial charge in [0, 0.05) is 37.8 Å². The minimum absolute atomic E-state index is 0.142. The summed E-state index contributed by atoms with van der Waals surface area (Å²) in [5.41, 5.74) is 7.27. The van der Waals surface area contributed by atoms with E-state index in [2.05, 4.69) is 49.7 Å². The molecule has 0 N–H and O–H groups in total. The maximum atomic E-state index is 4.89. The summed E-state index contributed by atoms with van der Waals surface area (Å²) in [6.45, 7) is 6.71. The van der Waals surface area contributed by atoms with Gasteiger partial charge in [-0.2, -0.15) is 10.2 Å². The van der Waals surface area contributed by atoms with Gasteiger partial charge in [-0.05, 0) is 55.8 Å². The van der Waals surface area contributed by atoms with E-state index in [1.165, 1.54) is 37.0 Å². The fraction of sp³-hybridized carbons (Fsp3) is 0.360. The first kappa shape index (κ1) is 20.1. The molecule has 5 heterocycles. The second-order valence-electron chi connectivity index (χ2n) is 9.03. The minimum Gasteiger partial charge on any atom is -0.329 e. The molecule has 1 aliphatic heterocycles. The van der Waals surface area contributed by atoms with Crippen molar-refractivity contribution >= 4 is 16.7 Å². The smallest absolute Gasteiger partial charge is 0.153 e. The van der Waals surface area contributed by atoms with Gasteiger partial charge in [0.05, 0.1) is 41.1 Å². The molecule has 4 aromatic heterocycles. The summed E-state index contributed by atoms with van der Waals surface area (Å²) in [6, 6.07) is 10.6. The molecular formula is C25H28N8. The van der Waals surface area contributed by atoms with Crippen LogP contribution in [0.2, 0.25) is 0 Å². The SMILES string of the molecule is CC(c1ccc2ncn(CCN3CCCC3)c2c1)c1cnc2ccc(-c3cnn(C)c3)nn12. The summed E-state index contributed by atoms with van der Waals surface area (Å²) >= 11 is 0. The number of aromatic nitrogens is 7. The molecule has 1 unspecified atom stereocenters. The zero-order valence-corrected chi connectivity index (χ0v) is 19.1. The third-order valence-corrected chi connectivity index (χ3v) is 6.83. The Hall–Kier alpha value is -3.52. The van der Waals surface area contributed by atoms with Crippen molar-refractivity contribution in [3.8, 4) is 11.3 Å². The van der Waals surface area contributed by atoms with Gasteiger partial charge in [0.25, 0.3) is 0 Å². The molecule has 1 saturated heterocycles. The van der Waals surface area contributed by atoms with E-state index in [1.54, 1.807) is 4.68 Å². The molecule has 0 saturated carbocycles. The van der Waals surface area contributed by atoms with Gasteiger partial charge < -0.3 is 9.47 Å². The van der Waals surface area contributed by atoms with E-state index >= 15 is 0 Å². The quantitative estimate of drug-likeness (QED) is 0.402. The molecule has 168 valence electrons. The number of imidazole rings is 2. The molecule has 0 radical (unpaired) electrons. The molecule has 6 rings (SSSR count). The van der Waals surface area contributed by atoms with Gasteiger partial charge in [-0.15, -0.1) is 0 Å². The Labute approximate surface area is 192 Å². The van der Waals surface area contributed by atoms with E-state index in [0.29, 0.717) is 0 Å². The van der Waals surface area contributed by atoms with E-state index in [0.717, 1.165) is 41.2 Å². The highest BCUT2D eigenvalue weighted by Gasteiger charge is 2.18. The van der Waals surface area contributed by atoms with Gasteiger partial charge in [-0.1, -0.05) is 13.0 Å². The molecule has 1 fully saturated rings. The Kier molecular flexibility index (Phi) is 4.95. The summed E-state index contributed by atoms with van der Waals surface area (Å²) in [7, 11) is 1.92. The maximum Gasteiger partial charge on any atom is 0.153 e. The number of fused-ring (bicyclic) bond motifs is 2. The average Bonchev–Trinajstić information content (AvgIpc) is 3.63. The number of aryl methyl sites for hydroxylation is 1. The van der Waals surface area contributed by atoms with Crippen molar-refractivity contribution in [2.45, 2.75) is 32.2 Å². The Morgan fingerprint density at radius 1 is 1.00 bits per heavy atom. The second-order valence-corrected chi connectivity index (χ2v) is 9.03. The lowest BCUT2D eigenvalue weighted by atomic mass is 9.98. The van der Waals surface area contributed by atoms with Crippen LogP contribution in [0.4, 0.5) is 0 Å². The monoisotopic (exact) mass is 440 g/mol. The van der Waals surface area contributed by atoms with Crippen LogP contribution in [-0.4, -0.2) is 58.5 Å². The first-order valence-electron chi connectivity index (χ1n) is 11.7. The highest BCUT2D eigenvalue weighted by atomic mass is 15.3. The highest BCUT2D eigenvalue weighted by Crippen LogP contribution is 2.28. The van der Waals surface area contributed by atoms with Crippen LogP contribution < -0.4 is 0 Å². The van der Waals surface area contributed by atoms with Gasteiger partial charge in [-0.3, -0.25) is 4.68 Å². The van der Waals surface area contributed by atoms with E-state index < -0.39 is 0 Å². The number of rotatable bonds is 6. The van der Waals surface area contributed by atoms with Crippen LogP contribution in [0, 0.1) is 0 Å². The van der Waals surface area contributed by atoms with E-state index in [4.69, 9.17) is 5.10 Å². The van der Waals surface area contributed by atoms with Crippen molar-refractivity contribution in [1.82, 2.24) is 38.8 Å². The zero-order chi connectivity index (χ0) is 22.4. The lowest BCUT2D eigenvalue weighted by molar-refractivity contribution is 0.324. The number of likely N-dealkylation sites (tertiary alicyclic amines) is 1. The molecule has 33 heavy (non-hydrogen) atoms. The van der Waals surface area contributed by atoms with Gasteiger partial charge >= 0.3 is 0 Å². The average molecular weight is 441 g/mol. The Morgan fingerprint density at radius 2 is 1.88 bits per heavy atom. The maximum absolute atomic E-state index is 4.89. The molecular weight excluding hydrogens is 412 g/mol. The third-order valence-electron chi connectivity index (χ3n) is 6.83. The summed E-state index contributed by atoms with van der Waals surface area (Å²) in [6.07, 6.45) is 10.4. The normalized spacial score (nSPS) is 15.7. The molecule has 8 heteroatoms. The predicted octanol–water partition coefficient (Wildman–Crippen LogP) is 3.73. The summed E-state index contributed by atoms with van der Waals surface area (Å²) < 4.78 is 6.04. The highest BCUT2D eigenvalue weighted by molar-refractivity contribution is 5.76. The molecule has 0 bridgehead atoms. The van der Waals surface area contributed by atoms with Crippen LogP contribution in [0.1, 0.15) is 36.9 Å². The van der Waals surface area contributed by atoms with Gasteiger partial charge in [0.1, 0.15) is 0 Å². The summed E-state index contributed by atoms with van der Waals surface area (Å²) in [5.74, 6) is 0.142. The van der Waals surface area contributed by atoms with Crippen LogP contribution >= 0.6 is 0 Å². The number of hydrogen-bond acceptors (Lipinski definition) is 5. The van der Waals surface area contributed by atoms with Crippen LogP contribution in [0.25, 0.3) is 27.9 Å². The third kappa shape index (κ3) is 3.70. The summed E-state index contributed by atoms with van der Waals surface area (Å²) in [5, 5.41) is 9.17. The molecule has 1 aromatic carbocycles. The number of benzene rings is 1. The van der Waals surface area contributed by atoms with E-state index in [1.807, 2.05) is 48.6 Å². The fourth-order valence-electron chi connectivity index (χ4n) is 4.84. The van der Waals surface area contributed by atoms with Crippen molar-refractivity contribution in [3.05, 3.63) is 66.5 Å². The lowest BCUT2D eigenvalue weighted by Crippen LogP contribution is -2.23. The van der Waals surface area contributed by atoms with Crippen LogP contribution in [0.15, 0.2) is 55.2 Å². The topological polar surface area (TPSA) is 69.1 Å². The largest absolute Gasteiger partial charge is 0.329 e. The Morgan fingerprint density at radius 3 is 2.70 bits per heavy atom. The minimum atomic E-state index is 0.142. The van der Waals surface area contributed by atoms with Gasteiger partial charge in [-0.25, -0.2) is 14.5 Å². The molecule has 8 nitrogen and oxygen atoms in total. The van der Waals surface area contributed by atoms with Gasteiger partial charge in [0.15, 0.2) is 5.65 Å². The van der Waals surface area contributed by atoms with Crippen molar-refractivity contribution in [2.75, 3.05) is 19.6 Å². The molecule has 0 amide bonds. The molecule has 0 spiro atoms. The molecule has 5 aromatic rings. The predicted molar refractivity (Wildman–Crippen MR) is 128 cm³/mol. The first-order valence-corrected chi connectivity index (χ1v) is 11.7. The number of hydrogen-bond donors (Lipinski definition) is 0. The van der Waals surface area contributed by atoms with E-state index in [9.17, 15) is 0 Å². The van der Waals surface area contributed by atoms with Crippen molar-refractivity contribution in [3.63, 3.8) is 0 Å². The first-order chi connectivity index (χ1) is 16.2. The van der Waals surface area contributed by atoms with Crippen molar-refractivity contribution in [1.29, 1.82) is 0 Å². The van der Waals surface area contributed by atoms with Crippen molar-refractivity contribution < 1.29 is 0 Å². The lowest BCUT2D eigenvalue weighted by Gasteiger charge is -2.16. The Bertz CT molecular complexity index is 1420. The molecule has 1 aliphatic rings. The Balaban J connectivity index is 1.32. The van der Waals surface area contributed by atoms with Crippen LogP contribution in [0.3, 0.4) is 0 Å². The van der Waals surface area contributed by atoms with E-state index in [-0.39, 0.29) is 5.92 Å². The van der Waals surface area contributed by atoms with Crippen LogP contribution in [0.5, 0.6) is 0 Å². The fourth-order valence-corrected chi connectivity index (χ4v) is 4.84. The van der Waals surface area contributed by atoms with Gasteiger partial charge in [0.2, 0.25) is 0 Å². The number of nitrogens with zero attached hydrogens (tertiary/aromatic N) is 8. The second kappa shape index (κ2) is 8.12. The summed E-state index contributed by atoms with van der Waals surface area (Å²) in [4.78, 5) is 11.8.